The van der Waals surface area contributed by atoms with E-state index >= 15 is 0 Å². The van der Waals surface area contributed by atoms with Gasteiger partial charge in [0.25, 0.3) is 0 Å². The largest absolute Gasteiger partial charge is 0.265 e. The van der Waals surface area contributed by atoms with Crippen LogP contribution in [0.1, 0.15) is 0 Å². The Bertz CT molecular complexity index is 1090. The quantitative estimate of drug-likeness (QED) is 0.541. The minimum absolute atomic E-state index is 0.306. The first-order valence-electron chi connectivity index (χ1n) is 8.19. The zero-order valence-corrected chi connectivity index (χ0v) is 15.2. The molecular formula is C20H15FN4OS. The van der Waals surface area contributed by atoms with E-state index < -0.39 is 10.8 Å². The Labute approximate surface area is 158 Å². The van der Waals surface area contributed by atoms with Crippen LogP contribution in [0.15, 0.2) is 78.0 Å². The lowest BCUT2D eigenvalue weighted by Crippen LogP contribution is -2.00. The van der Waals surface area contributed by atoms with Crippen molar-refractivity contribution in [2.24, 2.45) is 0 Å². The van der Waals surface area contributed by atoms with E-state index in [2.05, 4.69) is 15.3 Å². The number of pyridine rings is 1. The molecule has 7 heteroatoms. The van der Waals surface area contributed by atoms with Crippen molar-refractivity contribution in [1.82, 2.24) is 20.0 Å². The average Bonchev–Trinajstić information content (AvgIpc) is 3.14. The molecule has 2 aromatic heterocycles. The number of rotatable bonds is 4. The Hall–Kier alpha value is -3.19. The van der Waals surface area contributed by atoms with Gasteiger partial charge in [-0.15, -0.1) is 5.10 Å². The molecule has 2 aromatic carbocycles. The van der Waals surface area contributed by atoms with Crippen LogP contribution in [0, 0.1) is 5.82 Å². The second-order valence-corrected chi connectivity index (χ2v) is 7.27. The lowest BCUT2D eigenvalue weighted by molar-refractivity contribution is 0.628. The topological polar surface area (TPSA) is 60.7 Å². The molecule has 5 nitrogen and oxygen atoms in total. The average molecular weight is 378 g/mol. The summed E-state index contributed by atoms with van der Waals surface area (Å²) < 4.78 is 26.7. The molecule has 1 atom stereocenters. The first-order valence-corrected chi connectivity index (χ1v) is 9.75. The molecule has 27 heavy (non-hydrogen) atoms. The van der Waals surface area contributed by atoms with Gasteiger partial charge in [0.05, 0.1) is 5.69 Å². The molecule has 1 unspecified atom stereocenters. The summed E-state index contributed by atoms with van der Waals surface area (Å²) in [5, 5.41) is 8.65. The van der Waals surface area contributed by atoms with E-state index in [0.717, 1.165) is 27.4 Å². The van der Waals surface area contributed by atoms with Crippen LogP contribution >= 0.6 is 0 Å². The standard InChI is InChI=1S/C20H15FN4OS/c1-27(26)18-8-6-17(7-9-18)25-20(15-10-12-22-13-11-15)19(23-24-25)14-2-4-16(21)5-3-14/h2-13H,1H3. The maximum Gasteiger partial charge on any atom is 0.123 e. The van der Waals surface area contributed by atoms with Gasteiger partial charge in [-0.3, -0.25) is 9.19 Å². The predicted octanol–water partition coefficient (Wildman–Crippen LogP) is 3.87. The first-order chi connectivity index (χ1) is 13.1. The van der Waals surface area contributed by atoms with Crippen LogP contribution in [-0.4, -0.2) is 30.4 Å². The van der Waals surface area contributed by atoms with Crippen LogP contribution < -0.4 is 0 Å². The van der Waals surface area contributed by atoms with Crippen LogP contribution in [0.2, 0.25) is 0 Å². The molecule has 0 aliphatic rings. The Morgan fingerprint density at radius 3 is 2.19 bits per heavy atom. The molecule has 4 aromatic rings. The number of hydrogen-bond donors (Lipinski definition) is 0. The Morgan fingerprint density at radius 2 is 1.56 bits per heavy atom. The molecule has 0 aliphatic heterocycles. The fraction of sp³-hybridized carbons (Fsp3) is 0.0500. The van der Waals surface area contributed by atoms with E-state index in [1.165, 1.54) is 12.1 Å². The fourth-order valence-corrected chi connectivity index (χ4v) is 3.33. The molecule has 2 heterocycles. The number of hydrogen-bond acceptors (Lipinski definition) is 4. The Morgan fingerprint density at radius 1 is 0.889 bits per heavy atom. The van der Waals surface area contributed by atoms with Gasteiger partial charge in [-0.05, 0) is 60.7 Å². The maximum absolute atomic E-state index is 13.3. The van der Waals surface area contributed by atoms with Crippen molar-refractivity contribution in [3.05, 3.63) is 78.9 Å². The summed E-state index contributed by atoms with van der Waals surface area (Å²) >= 11 is 0. The summed E-state index contributed by atoms with van der Waals surface area (Å²) in [6, 6.07) is 17.2. The Kier molecular flexibility index (Phi) is 4.60. The molecule has 0 aliphatic carbocycles. The van der Waals surface area contributed by atoms with Gasteiger partial charge in [-0.25, -0.2) is 9.07 Å². The second-order valence-electron chi connectivity index (χ2n) is 5.89. The molecule has 0 radical (unpaired) electrons. The van der Waals surface area contributed by atoms with Crippen LogP contribution in [0.5, 0.6) is 0 Å². The molecule has 4 rings (SSSR count). The third-order valence-electron chi connectivity index (χ3n) is 4.15. The molecule has 0 bridgehead atoms. The van der Waals surface area contributed by atoms with Gasteiger partial charge in [-0.1, -0.05) is 5.21 Å². The number of nitrogens with zero attached hydrogens (tertiary/aromatic N) is 4. The number of aromatic nitrogens is 4. The molecule has 0 N–H and O–H groups in total. The van der Waals surface area contributed by atoms with Crippen LogP contribution in [0.3, 0.4) is 0 Å². The lowest BCUT2D eigenvalue weighted by Gasteiger charge is -2.09. The molecule has 0 fully saturated rings. The molecule has 0 saturated carbocycles. The lowest BCUT2D eigenvalue weighted by atomic mass is 10.1. The zero-order chi connectivity index (χ0) is 18.8. The minimum atomic E-state index is -1.05. The van der Waals surface area contributed by atoms with E-state index in [4.69, 9.17) is 0 Å². The highest BCUT2D eigenvalue weighted by Gasteiger charge is 2.18. The van der Waals surface area contributed by atoms with E-state index in [-0.39, 0.29) is 5.82 Å². The highest BCUT2D eigenvalue weighted by molar-refractivity contribution is 7.84. The zero-order valence-electron chi connectivity index (χ0n) is 14.4. The molecule has 0 saturated heterocycles. The van der Waals surface area contributed by atoms with Gasteiger partial charge >= 0.3 is 0 Å². The van der Waals surface area contributed by atoms with Crippen LogP contribution in [0.25, 0.3) is 28.2 Å². The van der Waals surface area contributed by atoms with Gasteiger partial charge in [0.1, 0.15) is 17.2 Å². The smallest absolute Gasteiger partial charge is 0.123 e. The summed E-state index contributed by atoms with van der Waals surface area (Å²) in [4.78, 5) is 4.81. The van der Waals surface area contributed by atoms with E-state index in [1.54, 1.807) is 47.6 Å². The SMILES string of the molecule is CS(=O)c1ccc(-n2nnc(-c3ccc(F)cc3)c2-c2ccncc2)cc1. The van der Waals surface area contributed by atoms with Crippen molar-refractivity contribution in [2.75, 3.05) is 6.26 Å². The number of benzene rings is 2. The first kappa shape index (κ1) is 17.2. The van der Waals surface area contributed by atoms with Gasteiger partial charge in [0.2, 0.25) is 0 Å². The highest BCUT2D eigenvalue weighted by Crippen LogP contribution is 2.32. The number of halogens is 1. The van der Waals surface area contributed by atoms with E-state index in [1.807, 2.05) is 24.3 Å². The normalized spacial score (nSPS) is 12.1. The molecule has 0 amide bonds. The van der Waals surface area contributed by atoms with E-state index in [9.17, 15) is 8.60 Å². The summed E-state index contributed by atoms with van der Waals surface area (Å²) in [5.41, 5.74) is 3.86. The third kappa shape index (κ3) is 3.41. The highest BCUT2D eigenvalue weighted by atomic mass is 32.2. The molecule has 134 valence electrons. The third-order valence-corrected chi connectivity index (χ3v) is 5.09. The van der Waals surface area contributed by atoms with Gasteiger partial charge < -0.3 is 0 Å². The van der Waals surface area contributed by atoms with E-state index in [0.29, 0.717) is 5.69 Å². The summed E-state index contributed by atoms with van der Waals surface area (Å²) in [7, 11) is -1.05. The Balaban J connectivity index is 1.89. The van der Waals surface area contributed by atoms with Crippen molar-refractivity contribution in [3.8, 4) is 28.2 Å². The minimum Gasteiger partial charge on any atom is -0.265 e. The fourth-order valence-electron chi connectivity index (χ4n) is 2.81. The van der Waals surface area contributed by atoms with Crippen molar-refractivity contribution < 1.29 is 8.60 Å². The molecule has 0 spiro atoms. The van der Waals surface area contributed by atoms with Gasteiger partial charge in [-0.2, -0.15) is 0 Å². The summed E-state index contributed by atoms with van der Waals surface area (Å²) in [6.45, 7) is 0. The van der Waals surface area contributed by atoms with Crippen molar-refractivity contribution in [3.63, 3.8) is 0 Å². The van der Waals surface area contributed by atoms with Gasteiger partial charge in [0.15, 0.2) is 0 Å². The van der Waals surface area contributed by atoms with Crippen molar-refractivity contribution >= 4 is 10.8 Å². The monoisotopic (exact) mass is 378 g/mol. The predicted molar refractivity (Wildman–Crippen MR) is 102 cm³/mol. The van der Waals surface area contributed by atoms with Gasteiger partial charge in [0, 0.05) is 45.5 Å². The van der Waals surface area contributed by atoms with Crippen molar-refractivity contribution in [2.45, 2.75) is 4.90 Å². The maximum atomic E-state index is 13.3. The summed E-state index contributed by atoms with van der Waals surface area (Å²) in [5.74, 6) is -0.306. The second kappa shape index (κ2) is 7.20. The van der Waals surface area contributed by atoms with Crippen LogP contribution in [-0.2, 0) is 10.8 Å². The summed E-state index contributed by atoms with van der Waals surface area (Å²) in [6.07, 6.45) is 5.04. The van der Waals surface area contributed by atoms with Crippen molar-refractivity contribution in [1.29, 1.82) is 0 Å². The van der Waals surface area contributed by atoms with Crippen LogP contribution in [0.4, 0.5) is 4.39 Å². The molecular weight excluding hydrogens is 363 g/mol.